The summed E-state index contributed by atoms with van der Waals surface area (Å²) in [4.78, 5) is 33.3. The van der Waals surface area contributed by atoms with Crippen molar-refractivity contribution in [3.8, 4) is 0 Å². The lowest BCUT2D eigenvalue weighted by Crippen LogP contribution is -2.39. The van der Waals surface area contributed by atoms with Crippen LogP contribution in [-0.4, -0.2) is 15.5 Å². The predicted molar refractivity (Wildman–Crippen MR) is 111 cm³/mol. The summed E-state index contributed by atoms with van der Waals surface area (Å²) in [6.45, 7) is 6.30. The van der Waals surface area contributed by atoms with Gasteiger partial charge in [-0.3, -0.25) is 14.2 Å². The van der Waals surface area contributed by atoms with Gasteiger partial charge < -0.3 is 5.32 Å². The van der Waals surface area contributed by atoms with Crippen LogP contribution in [0.5, 0.6) is 0 Å². The van der Waals surface area contributed by atoms with E-state index in [-0.39, 0.29) is 29.5 Å². The van der Waals surface area contributed by atoms with Gasteiger partial charge in [0.05, 0.1) is 17.8 Å². The van der Waals surface area contributed by atoms with E-state index in [4.69, 9.17) is 0 Å². The zero-order valence-corrected chi connectivity index (χ0v) is 17.4. The van der Waals surface area contributed by atoms with E-state index >= 15 is 0 Å². The summed E-state index contributed by atoms with van der Waals surface area (Å²) in [7, 11) is 0. The zero-order chi connectivity index (χ0) is 19.2. The van der Waals surface area contributed by atoms with Gasteiger partial charge in [0.25, 0.3) is 5.56 Å². The van der Waals surface area contributed by atoms with E-state index in [9.17, 15) is 9.59 Å². The van der Waals surface area contributed by atoms with Gasteiger partial charge in [0.15, 0.2) is 0 Å². The molecule has 1 amide bonds. The van der Waals surface area contributed by atoms with Crippen LogP contribution in [-0.2, 0) is 24.2 Å². The first kappa shape index (κ1) is 18.4. The molecule has 0 bridgehead atoms. The number of carbonyl (C=O) groups is 1. The lowest BCUT2D eigenvalue weighted by Gasteiger charge is -2.30. The molecule has 27 heavy (non-hydrogen) atoms. The van der Waals surface area contributed by atoms with Gasteiger partial charge in [-0.15, -0.1) is 22.7 Å². The summed E-state index contributed by atoms with van der Waals surface area (Å²) in [5.74, 6) is -0.168. The Morgan fingerprint density at radius 1 is 1.37 bits per heavy atom. The highest BCUT2D eigenvalue weighted by Crippen LogP contribution is 2.35. The predicted octanol–water partition coefficient (Wildman–Crippen LogP) is 3.91. The number of hydrogen-bond donors (Lipinski definition) is 1. The molecule has 1 unspecified atom stereocenters. The van der Waals surface area contributed by atoms with Crippen LogP contribution in [0, 0.1) is 5.41 Å². The topological polar surface area (TPSA) is 64.0 Å². The monoisotopic (exact) mass is 401 g/mol. The van der Waals surface area contributed by atoms with E-state index in [1.807, 2.05) is 17.5 Å². The number of nitrogens with zero attached hydrogens (tertiary/aromatic N) is 2. The fourth-order valence-electron chi connectivity index (χ4n) is 3.66. The minimum absolute atomic E-state index is 0.00957. The number of nitrogens with one attached hydrogen (secondary N) is 1. The van der Waals surface area contributed by atoms with Crippen LogP contribution in [0.4, 0.5) is 0 Å². The van der Waals surface area contributed by atoms with Gasteiger partial charge in [0.2, 0.25) is 5.91 Å². The molecule has 0 spiro atoms. The Balaban J connectivity index is 1.59. The van der Waals surface area contributed by atoms with Crippen molar-refractivity contribution < 1.29 is 4.79 Å². The quantitative estimate of drug-likeness (QED) is 0.721. The van der Waals surface area contributed by atoms with Gasteiger partial charge in [-0.1, -0.05) is 26.8 Å². The average molecular weight is 402 g/mol. The molecule has 142 valence electrons. The molecule has 0 radical (unpaired) electrons. The first-order valence-corrected chi connectivity index (χ1v) is 10.9. The highest BCUT2D eigenvalue weighted by Gasteiger charge is 2.29. The Kier molecular flexibility index (Phi) is 4.68. The number of aryl methyl sites for hydroxylation is 2. The molecule has 4 rings (SSSR count). The molecule has 3 heterocycles. The van der Waals surface area contributed by atoms with Crippen LogP contribution in [0.3, 0.4) is 0 Å². The standard InChI is InChI=1S/C20H23N3O2S2/c1-20(2,3)17(14-8-5-9-26-14)22-15(24)10-23-11-21-18-16(19(23)25)12-6-4-7-13(12)27-18/h5,8-9,11,17H,4,6-7,10H2,1-3H3,(H,22,24). The molecule has 1 aliphatic carbocycles. The van der Waals surface area contributed by atoms with Crippen molar-refractivity contribution in [2.75, 3.05) is 0 Å². The third kappa shape index (κ3) is 3.46. The van der Waals surface area contributed by atoms with E-state index in [1.54, 1.807) is 22.7 Å². The summed E-state index contributed by atoms with van der Waals surface area (Å²) < 4.78 is 1.44. The highest BCUT2D eigenvalue weighted by molar-refractivity contribution is 7.18. The number of carbonyl (C=O) groups excluding carboxylic acids is 1. The van der Waals surface area contributed by atoms with Crippen LogP contribution in [0.2, 0.25) is 0 Å². The molecule has 7 heteroatoms. The summed E-state index contributed by atoms with van der Waals surface area (Å²) in [5.41, 5.74) is 0.924. The number of fused-ring (bicyclic) bond motifs is 3. The minimum Gasteiger partial charge on any atom is -0.346 e. The Bertz CT molecular complexity index is 1040. The van der Waals surface area contributed by atoms with Crippen molar-refractivity contribution in [3.05, 3.63) is 49.5 Å². The number of amides is 1. The van der Waals surface area contributed by atoms with Gasteiger partial charge in [-0.05, 0) is 41.7 Å². The Labute approximate surface area is 166 Å². The third-order valence-electron chi connectivity index (χ3n) is 5.00. The van der Waals surface area contributed by atoms with E-state index in [2.05, 4.69) is 31.1 Å². The van der Waals surface area contributed by atoms with Gasteiger partial charge in [-0.25, -0.2) is 4.98 Å². The van der Waals surface area contributed by atoms with E-state index < -0.39 is 0 Å². The molecule has 3 aromatic heterocycles. The Hall–Kier alpha value is -1.99. The van der Waals surface area contributed by atoms with Crippen molar-refractivity contribution in [2.24, 2.45) is 5.41 Å². The second-order valence-corrected chi connectivity index (χ2v) is 10.2. The van der Waals surface area contributed by atoms with Gasteiger partial charge >= 0.3 is 0 Å². The lowest BCUT2D eigenvalue weighted by atomic mass is 9.85. The second kappa shape index (κ2) is 6.87. The van der Waals surface area contributed by atoms with Crippen LogP contribution in [0.15, 0.2) is 28.6 Å². The molecule has 5 nitrogen and oxygen atoms in total. The van der Waals surface area contributed by atoms with E-state index in [0.717, 1.165) is 34.5 Å². The van der Waals surface area contributed by atoms with Gasteiger partial charge in [0, 0.05) is 9.75 Å². The van der Waals surface area contributed by atoms with Crippen molar-refractivity contribution in [2.45, 2.75) is 52.6 Å². The fraction of sp³-hybridized carbons (Fsp3) is 0.450. The van der Waals surface area contributed by atoms with Crippen molar-refractivity contribution in [1.29, 1.82) is 0 Å². The molecule has 3 aromatic rings. The first-order chi connectivity index (χ1) is 12.8. The normalized spacial score (nSPS) is 15.1. The third-order valence-corrected chi connectivity index (χ3v) is 7.14. The maximum absolute atomic E-state index is 12.9. The molecule has 0 fully saturated rings. The van der Waals surface area contributed by atoms with Gasteiger partial charge in [-0.2, -0.15) is 0 Å². The molecule has 0 aromatic carbocycles. The van der Waals surface area contributed by atoms with Crippen LogP contribution < -0.4 is 10.9 Å². The van der Waals surface area contributed by atoms with Crippen molar-refractivity contribution >= 4 is 38.8 Å². The van der Waals surface area contributed by atoms with Crippen LogP contribution in [0.1, 0.15) is 48.6 Å². The molecular formula is C20H23N3O2S2. The van der Waals surface area contributed by atoms with Crippen molar-refractivity contribution in [1.82, 2.24) is 14.9 Å². The summed E-state index contributed by atoms with van der Waals surface area (Å²) in [5, 5.41) is 5.85. The maximum atomic E-state index is 12.9. The second-order valence-electron chi connectivity index (χ2n) is 8.10. The van der Waals surface area contributed by atoms with Crippen molar-refractivity contribution in [3.63, 3.8) is 0 Å². The highest BCUT2D eigenvalue weighted by atomic mass is 32.1. The van der Waals surface area contributed by atoms with Gasteiger partial charge in [0.1, 0.15) is 11.4 Å². The molecule has 1 N–H and O–H groups in total. The number of rotatable bonds is 4. The molecule has 0 aliphatic heterocycles. The Morgan fingerprint density at radius 3 is 2.89 bits per heavy atom. The molecular weight excluding hydrogens is 378 g/mol. The van der Waals surface area contributed by atoms with Crippen LogP contribution in [0.25, 0.3) is 10.2 Å². The first-order valence-electron chi connectivity index (χ1n) is 9.17. The molecule has 0 saturated carbocycles. The number of aromatic nitrogens is 2. The maximum Gasteiger partial charge on any atom is 0.262 e. The summed E-state index contributed by atoms with van der Waals surface area (Å²) >= 11 is 3.25. The fourth-order valence-corrected chi connectivity index (χ4v) is 5.90. The summed E-state index contributed by atoms with van der Waals surface area (Å²) in [6, 6.07) is 3.93. The van der Waals surface area contributed by atoms with E-state index in [0.29, 0.717) is 5.39 Å². The smallest absolute Gasteiger partial charge is 0.262 e. The molecule has 1 aliphatic rings. The average Bonchev–Trinajstić information content (AvgIpc) is 3.30. The number of hydrogen-bond acceptors (Lipinski definition) is 5. The Morgan fingerprint density at radius 2 is 2.19 bits per heavy atom. The summed E-state index contributed by atoms with van der Waals surface area (Å²) in [6.07, 6.45) is 4.57. The lowest BCUT2D eigenvalue weighted by molar-refractivity contribution is -0.123. The molecule has 0 saturated heterocycles. The largest absolute Gasteiger partial charge is 0.346 e. The minimum atomic E-state index is -0.168. The molecule has 1 atom stereocenters. The zero-order valence-electron chi connectivity index (χ0n) is 15.7. The number of thiophene rings is 2. The SMILES string of the molecule is CC(C)(C)C(NC(=O)Cn1cnc2sc3c(c2c1=O)CCC3)c1cccs1. The van der Waals surface area contributed by atoms with E-state index in [1.165, 1.54) is 15.8 Å². The van der Waals surface area contributed by atoms with Crippen LogP contribution >= 0.6 is 22.7 Å².